The zero-order valence-electron chi connectivity index (χ0n) is 9.53. The number of amides is 1. The molecule has 0 atom stereocenters. The number of hydrogen-bond donors (Lipinski definition) is 2. The number of hydrogen-bond acceptors (Lipinski definition) is 3. The summed E-state index contributed by atoms with van der Waals surface area (Å²) < 4.78 is 0. The lowest BCUT2D eigenvalue weighted by Gasteiger charge is -2.06. The predicted molar refractivity (Wildman–Crippen MR) is 71.1 cm³/mol. The van der Waals surface area contributed by atoms with Crippen molar-refractivity contribution in [1.29, 1.82) is 0 Å². The first-order valence-electron chi connectivity index (χ1n) is 5.45. The Morgan fingerprint density at radius 3 is 3.00 bits per heavy atom. The summed E-state index contributed by atoms with van der Waals surface area (Å²) in [6.07, 6.45) is 1.12. The Balaban J connectivity index is 2.36. The van der Waals surface area contributed by atoms with E-state index >= 15 is 0 Å². The molecule has 0 aliphatic carbocycles. The van der Waals surface area contributed by atoms with Crippen LogP contribution in [0.2, 0.25) is 0 Å². The number of nitrogens with one attached hydrogen (secondary N) is 1. The fraction of sp³-hybridized carbons (Fsp3) is 0.417. The first kappa shape index (κ1) is 12.9. The number of rotatable bonds is 7. The average molecular weight is 238 g/mol. The van der Waals surface area contributed by atoms with Gasteiger partial charge in [0, 0.05) is 17.8 Å². The minimum Gasteiger partial charge on any atom is -0.385 e. The number of anilines is 1. The minimum absolute atomic E-state index is 0.384. The Hall–Kier alpha value is -1.16. The van der Waals surface area contributed by atoms with Crippen molar-refractivity contribution in [3.8, 4) is 0 Å². The molecule has 0 saturated carbocycles. The summed E-state index contributed by atoms with van der Waals surface area (Å²) in [4.78, 5) is 11.0. The van der Waals surface area contributed by atoms with E-state index in [1.54, 1.807) is 12.1 Å². The number of nitrogens with two attached hydrogens (primary N) is 1. The van der Waals surface area contributed by atoms with Crippen LogP contribution in [-0.2, 0) is 0 Å². The molecule has 0 saturated heterocycles. The quantitative estimate of drug-likeness (QED) is 0.717. The van der Waals surface area contributed by atoms with Crippen molar-refractivity contribution in [1.82, 2.24) is 0 Å². The molecule has 0 aromatic heterocycles. The Bertz CT molecular complexity index is 342. The maximum absolute atomic E-state index is 11.0. The van der Waals surface area contributed by atoms with Crippen LogP contribution in [0, 0.1) is 0 Å². The summed E-state index contributed by atoms with van der Waals surface area (Å²) in [6, 6.07) is 7.29. The van der Waals surface area contributed by atoms with E-state index in [1.807, 2.05) is 23.9 Å². The SMILES string of the molecule is CCSCCCNc1cccc(C(N)=O)c1. The number of carbonyl (C=O) groups is 1. The van der Waals surface area contributed by atoms with E-state index in [4.69, 9.17) is 5.73 Å². The Labute approximate surface area is 101 Å². The van der Waals surface area contributed by atoms with Gasteiger partial charge in [-0.15, -0.1) is 0 Å². The fourth-order valence-corrected chi connectivity index (χ4v) is 1.97. The van der Waals surface area contributed by atoms with Crippen LogP contribution in [0.3, 0.4) is 0 Å². The van der Waals surface area contributed by atoms with Gasteiger partial charge < -0.3 is 11.1 Å². The molecule has 1 rings (SSSR count). The summed E-state index contributed by atoms with van der Waals surface area (Å²) in [5.74, 6) is 1.95. The zero-order valence-corrected chi connectivity index (χ0v) is 10.3. The molecule has 16 heavy (non-hydrogen) atoms. The van der Waals surface area contributed by atoms with Gasteiger partial charge in [0.25, 0.3) is 0 Å². The van der Waals surface area contributed by atoms with Crippen molar-refractivity contribution in [3.05, 3.63) is 29.8 Å². The molecule has 4 heteroatoms. The Kier molecular flexibility index (Phi) is 5.78. The van der Waals surface area contributed by atoms with Crippen LogP contribution in [0.15, 0.2) is 24.3 Å². The second-order valence-electron chi connectivity index (χ2n) is 3.42. The standard InChI is InChI=1S/C12H18N2OS/c1-2-16-8-4-7-14-11-6-3-5-10(9-11)12(13)15/h3,5-6,9,14H,2,4,7-8H2,1H3,(H2,13,15). The highest BCUT2D eigenvalue weighted by Crippen LogP contribution is 2.10. The fourth-order valence-electron chi connectivity index (χ4n) is 1.33. The molecule has 0 aliphatic rings. The van der Waals surface area contributed by atoms with Crippen molar-refractivity contribution in [3.63, 3.8) is 0 Å². The van der Waals surface area contributed by atoms with Crippen LogP contribution in [-0.4, -0.2) is 24.0 Å². The van der Waals surface area contributed by atoms with E-state index < -0.39 is 0 Å². The third kappa shape index (κ3) is 4.57. The molecule has 3 nitrogen and oxygen atoms in total. The first-order valence-corrected chi connectivity index (χ1v) is 6.61. The number of primary amides is 1. The highest BCUT2D eigenvalue weighted by atomic mass is 32.2. The van der Waals surface area contributed by atoms with Gasteiger partial charge in [-0.25, -0.2) is 0 Å². The van der Waals surface area contributed by atoms with E-state index in [9.17, 15) is 4.79 Å². The zero-order chi connectivity index (χ0) is 11.8. The summed E-state index contributed by atoms with van der Waals surface area (Å²) in [6.45, 7) is 3.09. The van der Waals surface area contributed by atoms with E-state index in [2.05, 4.69) is 12.2 Å². The van der Waals surface area contributed by atoms with Crippen LogP contribution in [0.1, 0.15) is 23.7 Å². The molecule has 0 bridgehead atoms. The lowest BCUT2D eigenvalue weighted by atomic mass is 10.2. The number of benzene rings is 1. The van der Waals surface area contributed by atoms with Gasteiger partial charge in [-0.1, -0.05) is 13.0 Å². The van der Waals surface area contributed by atoms with Gasteiger partial charge in [0.1, 0.15) is 0 Å². The number of thioether (sulfide) groups is 1. The summed E-state index contributed by atoms with van der Waals surface area (Å²) in [5.41, 5.74) is 6.71. The van der Waals surface area contributed by atoms with Crippen molar-refractivity contribution in [2.45, 2.75) is 13.3 Å². The molecule has 88 valence electrons. The average Bonchev–Trinajstić information content (AvgIpc) is 2.29. The van der Waals surface area contributed by atoms with Crippen molar-refractivity contribution < 1.29 is 4.79 Å². The second-order valence-corrected chi connectivity index (χ2v) is 4.82. The molecule has 3 N–H and O–H groups in total. The minimum atomic E-state index is -0.384. The van der Waals surface area contributed by atoms with Crippen LogP contribution in [0.25, 0.3) is 0 Å². The molecule has 0 aliphatic heterocycles. The molecule has 0 unspecified atom stereocenters. The molecule has 1 aromatic carbocycles. The van der Waals surface area contributed by atoms with Gasteiger partial charge in [0.2, 0.25) is 5.91 Å². The van der Waals surface area contributed by atoms with E-state index in [0.29, 0.717) is 5.56 Å². The van der Waals surface area contributed by atoms with Crippen LogP contribution in [0.4, 0.5) is 5.69 Å². The summed E-state index contributed by atoms with van der Waals surface area (Å²) >= 11 is 1.94. The van der Waals surface area contributed by atoms with Crippen molar-refractivity contribution in [2.75, 3.05) is 23.4 Å². The maximum atomic E-state index is 11.0. The molecule has 0 spiro atoms. The molecular weight excluding hydrogens is 220 g/mol. The summed E-state index contributed by atoms with van der Waals surface area (Å²) in [5, 5.41) is 3.28. The lowest BCUT2D eigenvalue weighted by molar-refractivity contribution is 0.100. The number of carbonyl (C=O) groups excluding carboxylic acids is 1. The largest absolute Gasteiger partial charge is 0.385 e. The molecule has 1 amide bonds. The third-order valence-electron chi connectivity index (χ3n) is 2.15. The van der Waals surface area contributed by atoms with Crippen LogP contribution < -0.4 is 11.1 Å². The van der Waals surface area contributed by atoms with Gasteiger partial charge in [0.05, 0.1) is 0 Å². The molecule has 1 aromatic rings. The van der Waals surface area contributed by atoms with Gasteiger partial charge >= 0.3 is 0 Å². The van der Waals surface area contributed by atoms with Crippen molar-refractivity contribution in [2.24, 2.45) is 5.73 Å². The van der Waals surface area contributed by atoms with Crippen molar-refractivity contribution >= 4 is 23.4 Å². The Morgan fingerprint density at radius 2 is 2.31 bits per heavy atom. The highest BCUT2D eigenvalue weighted by molar-refractivity contribution is 7.99. The monoisotopic (exact) mass is 238 g/mol. The van der Waals surface area contributed by atoms with Crippen LogP contribution >= 0.6 is 11.8 Å². The van der Waals surface area contributed by atoms with Gasteiger partial charge in [-0.3, -0.25) is 4.79 Å². The first-order chi connectivity index (χ1) is 7.74. The topological polar surface area (TPSA) is 55.1 Å². The Morgan fingerprint density at radius 1 is 1.50 bits per heavy atom. The van der Waals surface area contributed by atoms with Gasteiger partial charge in [0.15, 0.2) is 0 Å². The second kappa shape index (κ2) is 7.17. The van der Waals surface area contributed by atoms with E-state index in [-0.39, 0.29) is 5.91 Å². The van der Waals surface area contributed by atoms with Gasteiger partial charge in [-0.2, -0.15) is 11.8 Å². The smallest absolute Gasteiger partial charge is 0.248 e. The van der Waals surface area contributed by atoms with E-state index in [1.165, 1.54) is 5.75 Å². The molecule has 0 radical (unpaired) electrons. The predicted octanol–water partition coefficient (Wildman–Crippen LogP) is 2.34. The highest BCUT2D eigenvalue weighted by Gasteiger charge is 2.00. The van der Waals surface area contributed by atoms with E-state index in [0.717, 1.165) is 24.4 Å². The molecular formula is C12H18N2OS. The lowest BCUT2D eigenvalue weighted by Crippen LogP contribution is -2.11. The maximum Gasteiger partial charge on any atom is 0.248 e. The third-order valence-corrected chi connectivity index (χ3v) is 3.13. The molecule has 0 fully saturated rings. The van der Waals surface area contributed by atoms with Crippen LogP contribution in [0.5, 0.6) is 0 Å². The normalized spacial score (nSPS) is 10.1. The summed E-state index contributed by atoms with van der Waals surface area (Å²) in [7, 11) is 0. The van der Waals surface area contributed by atoms with Gasteiger partial charge in [-0.05, 0) is 36.1 Å². The molecule has 0 heterocycles.